The molecule has 0 unspecified atom stereocenters. The van der Waals surface area contributed by atoms with E-state index >= 15 is 0 Å². The summed E-state index contributed by atoms with van der Waals surface area (Å²) in [5.41, 5.74) is 9.38. The fourth-order valence-electron chi connectivity index (χ4n) is 3.66. The number of carbonyl (C=O) groups is 2. The lowest BCUT2D eigenvalue weighted by Gasteiger charge is -2.15. The number of anilines is 1. The number of phenolic OH excluding ortho intramolecular Hbond substituents is 1. The zero-order chi connectivity index (χ0) is 19.8. The molecule has 0 aliphatic heterocycles. The number of hydrogen-bond acceptors (Lipinski definition) is 5. The van der Waals surface area contributed by atoms with E-state index in [4.69, 9.17) is 10.5 Å². The molecule has 6 nitrogen and oxygen atoms in total. The van der Waals surface area contributed by atoms with Crippen molar-refractivity contribution in [2.24, 2.45) is 0 Å². The van der Waals surface area contributed by atoms with E-state index in [1.807, 2.05) is 48.5 Å². The van der Waals surface area contributed by atoms with E-state index in [9.17, 15) is 19.8 Å². The number of nitrogen functional groups attached to an aromatic ring is 1. The topological polar surface area (TPSA) is 110 Å². The first-order valence-electron chi connectivity index (χ1n) is 8.68. The highest BCUT2D eigenvalue weighted by Gasteiger charge is 2.29. The molecule has 0 bridgehead atoms. The van der Waals surface area contributed by atoms with Gasteiger partial charge in [-0.05, 0) is 34.4 Å². The summed E-state index contributed by atoms with van der Waals surface area (Å²) in [5.74, 6) is -2.61. The molecule has 1 aliphatic carbocycles. The Bertz CT molecular complexity index is 1060. The van der Waals surface area contributed by atoms with Gasteiger partial charge in [0.15, 0.2) is 0 Å². The first kappa shape index (κ1) is 17.6. The van der Waals surface area contributed by atoms with Crippen LogP contribution in [0, 0.1) is 0 Å². The molecule has 1 aliphatic rings. The first-order chi connectivity index (χ1) is 13.5. The van der Waals surface area contributed by atoms with Gasteiger partial charge in [0.2, 0.25) is 0 Å². The molecule has 0 amide bonds. The molecule has 0 aromatic heterocycles. The Balaban J connectivity index is 1.62. The zero-order valence-corrected chi connectivity index (χ0v) is 14.8. The first-order valence-corrected chi connectivity index (χ1v) is 8.68. The Labute approximate surface area is 160 Å². The second-order valence-electron chi connectivity index (χ2n) is 6.59. The third-order valence-corrected chi connectivity index (χ3v) is 4.96. The molecule has 0 atom stereocenters. The number of phenols is 1. The van der Waals surface area contributed by atoms with Crippen molar-refractivity contribution < 1.29 is 24.5 Å². The summed E-state index contributed by atoms with van der Waals surface area (Å²) in [6.07, 6.45) is 0. The van der Waals surface area contributed by atoms with Crippen LogP contribution in [-0.4, -0.2) is 28.8 Å². The highest BCUT2D eigenvalue weighted by molar-refractivity contribution is 6.03. The van der Waals surface area contributed by atoms with Crippen LogP contribution in [0.2, 0.25) is 0 Å². The third kappa shape index (κ3) is 2.85. The van der Waals surface area contributed by atoms with Gasteiger partial charge in [0.25, 0.3) is 0 Å². The molecule has 3 aromatic carbocycles. The number of nitrogens with two attached hydrogens (primary N) is 1. The average Bonchev–Trinajstić information content (AvgIpc) is 3.01. The number of rotatable bonds is 4. The predicted octanol–water partition coefficient (Wildman–Crippen LogP) is 3.64. The summed E-state index contributed by atoms with van der Waals surface area (Å²) < 4.78 is 5.47. The quantitative estimate of drug-likeness (QED) is 0.365. The number of fused-ring (bicyclic) bond motifs is 3. The maximum absolute atomic E-state index is 12.6. The summed E-state index contributed by atoms with van der Waals surface area (Å²) in [6.45, 7) is 0.0738. The molecular weight excluding hydrogens is 358 g/mol. The van der Waals surface area contributed by atoms with Crippen LogP contribution in [0.5, 0.6) is 5.75 Å². The maximum atomic E-state index is 12.6. The van der Waals surface area contributed by atoms with Crippen molar-refractivity contribution in [1.29, 1.82) is 0 Å². The second kappa shape index (κ2) is 6.74. The van der Waals surface area contributed by atoms with Crippen molar-refractivity contribution in [2.45, 2.75) is 5.92 Å². The number of benzene rings is 3. The molecule has 0 saturated heterocycles. The van der Waals surface area contributed by atoms with Crippen LogP contribution in [0.4, 0.5) is 5.69 Å². The molecule has 140 valence electrons. The molecule has 0 heterocycles. The van der Waals surface area contributed by atoms with Crippen LogP contribution >= 0.6 is 0 Å². The number of aromatic carboxylic acids is 1. The van der Waals surface area contributed by atoms with E-state index in [-0.39, 0.29) is 35.1 Å². The molecule has 6 heteroatoms. The van der Waals surface area contributed by atoms with Gasteiger partial charge < -0.3 is 20.7 Å². The minimum atomic E-state index is -1.33. The predicted molar refractivity (Wildman–Crippen MR) is 103 cm³/mol. The van der Waals surface area contributed by atoms with Crippen molar-refractivity contribution in [3.63, 3.8) is 0 Å². The van der Waals surface area contributed by atoms with Crippen molar-refractivity contribution in [2.75, 3.05) is 12.3 Å². The lowest BCUT2D eigenvalue weighted by atomic mass is 9.98. The van der Waals surface area contributed by atoms with Crippen LogP contribution in [-0.2, 0) is 4.74 Å². The van der Waals surface area contributed by atoms with Gasteiger partial charge >= 0.3 is 11.9 Å². The summed E-state index contributed by atoms with van der Waals surface area (Å²) >= 11 is 0. The highest BCUT2D eigenvalue weighted by atomic mass is 16.5. The average molecular weight is 375 g/mol. The summed E-state index contributed by atoms with van der Waals surface area (Å²) in [6, 6.07) is 18.0. The van der Waals surface area contributed by atoms with E-state index in [0.29, 0.717) is 0 Å². The largest absolute Gasteiger partial charge is 0.508 e. The van der Waals surface area contributed by atoms with E-state index in [1.54, 1.807) is 0 Å². The Hall–Kier alpha value is -3.80. The number of hydrogen-bond donors (Lipinski definition) is 3. The number of ether oxygens (including phenoxy) is 1. The molecule has 0 saturated carbocycles. The number of carboxylic acids is 1. The molecule has 4 N–H and O–H groups in total. The van der Waals surface area contributed by atoms with Crippen molar-refractivity contribution >= 4 is 17.6 Å². The SMILES string of the molecule is Nc1c(C(=O)O)cc(O)cc1C(=O)OCC1c2ccccc2-c2ccccc21. The zero-order valence-electron chi connectivity index (χ0n) is 14.8. The molecule has 0 spiro atoms. The van der Waals surface area contributed by atoms with E-state index < -0.39 is 11.9 Å². The Kier molecular flexibility index (Phi) is 4.24. The molecule has 0 radical (unpaired) electrons. The number of carboxylic acid groups (broad SMARTS) is 1. The number of aromatic hydroxyl groups is 1. The van der Waals surface area contributed by atoms with E-state index in [0.717, 1.165) is 34.4 Å². The molecule has 4 rings (SSSR count). The number of carbonyl (C=O) groups excluding carboxylic acids is 1. The van der Waals surface area contributed by atoms with Gasteiger partial charge in [0.05, 0.1) is 16.8 Å². The minimum Gasteiger partial charge on any atom is -0.508 e. The third-order valence-electron chi connectivity index (χ3n) is 4.96. The van der Waals surface area contributed by atoms with Crippen molar-refractivity contribution in [1.82, 2.24) is 0 Å². The summed E-state index contributed by atoms with van der Waals surface area (Å²) in [7, 11) is 0. The van der Waals surface area contributed by atoms with Crippen LogP contribution in [0.25, 0.3) is 11.1 Å². The van der Waals surface area contributed by atoms with Crippen LogP contribution < -0.4 is 5.73 Å². The van der Waals surface area contributed by atoms with Gasteiger partial charge in [0, 0.05) is 5.92 Å². The monoisotopic (exact) mass is 375 g/mol. The van der Waals surface area contributed by atoms with Gasteiger partial charge in [-0.15, -0.1) is 0 Å². The van der Waals surface area contributed by atoms with Crippen LogP contribution in [0.1, 0.15) is 37.8 Å². The molecule has 28 heavy (non-hydrogen) atoms. The number of esters is 1. The van der Waals surface area contributed by atoms with Gasteiger partial charge in [-0.1, -0.05) is 48.5 Å². The normalized spacial score (nSPS) is 12.3. The van der Waals surface area contributed by atoms with Crippen molar-refractivity contribution in [3.8, 4) is 16.9 Å². The van der Waals surface area contributed by atoms with Gasteiger partial charge in [-0.3, -0.25) is 0 Å². The van der Waals surface area contributed by atoms with E-state index in [1.165, 1.54) is 0 Å². The lowest BCUT2D eigenvalue weighted by molar-refractivity contribution is 0.0494. The fraction of sp³-hybridized carbons (Fsp3) is 0.0909. The smallest absolute Gasteiger partial charge is 0.340 e. The summed E-state index contributed by atoms with van der Waals surface area (Å²) in [4.78, 5) is 23.8. The van der Waals surface area contributed by atoms with Crippen LogP contribution in [0.3, 0.4) is 0 Å². The Morgan fingerprint density at radius 1 is 0.929 bits per heavy atom. The summed E-state index contributed by atoms with van der Waals surface area (Å²) in [5, 5.41) is 18.9. The Morgan fingerprint density at radius 2 is 1.46 bits per heavy atom. The molecule has 3 aromatic rings. The molecular formula is C22H17NO5. The maximum Gasteiger partial charge on any atom is 0.340 e. The van der Waals surface area contributed by atoms with Crippen molar-refractivity contribution in [3.05, 3.63) is 82.9 Å². The van der Waals surface area contributed by atoms with Gasteiger partial charge in [-0.2, -0.15) is 0 Å². The standard InChI is InChI=1S/C22H17NO5/c23-20-17(21(25)26)9-12(24)10-18(20)22(27)28-11-19-15-7-3-1-5-13(15)14-6-2-4-8-16(14)19/h1-10,19,24H,11,23H2,(H,25,26). The second-order valence-corrected chi connectivity index (χ2v) is 6.59. The van der Waals surface area contributed by atoms with Gasteiger partial charge in [-0.25, -0.2) is 9.59 Å². The molecule has 0 fully saturated rings. The fourth-order valence-corrected chi connectivity index (χ4v) is 3.66. The van der Waals surface area contributed by atoms with Gasteiger partial charge in [0.1, 0.15) is 12.4 Å². The minimum absolute atomic E-state index is 0.0738. The Morgan fingerprint density at radius 3 is 2.04 bits per heavy atom. The van der Waals surface area contributed by atoms with Crippen LogP contribution in [0.15, 0.2) is 60.7 Å². The van der Waals surface area contributed by atoms with E-state index in [2.05, 4.69) is 0 Å². The highest BCUT2D eigenvalue weighted by Crippen LogP contribution is 2.44. The lowest BCUT2D eigenvalue weighted by Crippen LogP contribution is -2.15.